The average molecular weight is 374 g/mol. The largest absolute Gasteiger partial charge is 0.370 e. The van der Waals surface area contributed by atoms with Gasteiger partial charge in [-0.3, -0.25) is 19.2 Å². The second-order valence-electron chi connectivity index (χ2n) is 6.63. The van der Waals surface area contributed by atoms with E-state index in [2.05, 4.69) is 10.6 Å². The second-order valence-corrected chi connectivity index (χ2v) is 6.63. The van der Waals surface area contributed by atoms with Crippen LogP contribution in [0.15, 0.2) is 30.3 Å². The van der Waals surface area contributed by atoms with E-state index in [0.717, 1.165) is 12.0 Å². The zero-order valence-corrected chi connectivity index (χ0v) is 15.4. The standard InChI is InChI=1S/C19H26N4O4/c1-13(24)23-11-5-8-16(23)19(27)22-15(12-14-6-3-2-4-7-14)18(26)21-10-9-17(20)25/h2-4,6-7,15-16H,5,8-12H2,1H3,(H2,20,25)(H,21,26)(H,22,27)/t15?,16-/m0/s1. The van der Waals surface area contributed by atoms with E-state index in [9.17, 15) is 19.2 Å². The van der Waals surface area contributed by atoms with Gasteiger partial charge in [-0.2, -0.15) is 0 Å². The maximum atomic E-state index is 12.7. The van der Waals surface area contributed by atoms with Gasteiger partial charge >= 0.3 is 0 Å². The number of hydrogen-bond donors (Lipinski definition) is 3. The highest BCUT2D eigenvalue weighted by Crippen LogP contribution is 2.17. The molecule has 1 unspecified atom stereocenters. The maximum absolute atomic E-state index is 12.7. The highest BCUT2D eigenvalue weighted by molar-refractivity contribution is 5.92. The molecule has 8 heteroatoms. The zero-order valence-electron chi connectivity index (χ0n) is 15.4. The van der Waals surface area contributed by atoms with Crippen molar-refractivity contribution in [2.45, 2.75) is 44.7 Å². The number of carbonyl (C=O) groups is 4. The van der Waals surface area contributed by atoms with Crippen molar-refractivity contribution >= 4 is 23.6 Å². The lowest BCUT2D eigenvalue weighted by Gasteiger charge is -2.25. The molecule has 1 aromatic carbocycles. The van der Waals surface area contributed by atoms with Crippen LogP contribution >= 0.6 is 0 Å². The van der Waals surface area contributed by atoms with Crippen LogP contribution in [0.3, 0.4) is 0 Å². The topological polar surface area (TPSA) is 122 Å². The van der Waals surface area contributed by atoms with E-state index in [1.54, 1.807) is 0 Å². The molecule has 27 heavy (non-hydrogen) atoms. The van der Waals surface area contributed by atoms with Gasteiger partial charge in [0, 0.05) is 32.9 Å². The van der Waals surface area contributed by atoms with E-state index < -0.39 is 18.0 Å². The second kappa shape index (κ2) is 9.70. The predicted octanol–water partition coefficient (Wildman–Crippen LogP) is -0.284. The lowest BCUT2D eigenvalue weighted by atomic mass is 10.0. The van der Waals surface area contributed by atoms with E-state index in [1.807, 2.05) is 30.3 Å². The van der Waals surface area contributed by atoms with Crippen molar-refractivity contribution in [3.8, 4) is 0 Å². The Balaban J connectivity index is 2.06. The first-order valence-electron chi connectivity index (χ1n) is 9.06. The molecule has 0 bridgehead atoms. The first-order chi connectivity index (χ1) is 12.9. The van der Waals surface area contributed by atoms with Gasteiger partial charge in [0.2, 0.25) is 23.6 Å². The van der Waals surface area contributed by atoms with E-state index in [-0.39, 0.29) is 30.7 Å². The van der Waals surface area contributed by atoms with Crippen molar-refractivity contribution in [1.82, 2.24) is 15.5 Å². The van der Waals surface area contributed by atoms with Gasteiger partial charge < -0.3 is 21.3 Å². The van der Waals surface area contributed by atoms with Crippen LogP contribution in [0.5, 0.6) is 0 Å². The lowest BCUT2D eigenvalue weighted by molar-refractivity contribution is -0.138. The number of likely N-dealkylation sites (tertiary alicyclic amines) is 1. The van der Waals surface area contributed by atoms with Gasteiger partial charge in [0.25, 0.3) is 0 Å². The number of carbonyl (C=O) groups excluding carboxylic acids is 4. The number of nitrogens with two attached hydrogens (primary N) is 1. The Morgan fingerprint density at radius 3 is 2.56 bits per heavy atom. The minimum absolute atomic E-state index is 0.0263. The summed E-state index contributed by atoms with van der Waals surface area (Å²) in [6.45, 7) is 2.09. The summed E-state index contributed by atoms with van der Waals surface area (Å²) in [6, 6.07) is 7.95. The van der Waals surface area contributed by atoms with Gasteiger partial charge in [-0.1, -0.05) is 30.3 Å². The van der Waals surface area contributed by atoms with Gasteiger partial charge in [0.1, 0.15) is 12.1 Å². The molecule has 1 saturated heterocycles. The van der Waals surface area contributed by atoms with Gasteiger partial charge in [0.15, 0.2) is 0 Å². The molecule has 8 nitrogen and oxygen atoms in total. The molecular formula is C19H26N4O4. The van der Waals surface area contributed by atoms with Crippen LogP contribution in [0.25, 0.3) is 0 Å². The van der Waals surface area contributed by atoms with Gasteiger partial charge in [-0.05, 0) is 18.4 Å². The Morgan fingerprint density at radius 2 is 1.93 bits per heavy atom. The smallest absolute Gasteiger partial charge is 0.243 e. The van der Waals surface area contributed by atoms with Crippen LogP contribution in [0, 0.1) is 0 Å². The Bertz CT molecular complexity index is 692. The summed E-state index contributed by atoms with van der Waals surface area (Å²) in [5.41, 5.74) is 5.98. The molecule has 0 saturated carbocycles. The van der Waals surface area contributed by atoms with Crippen molar-refractivity contribution in [3.05, 3.63) is 35.9 Å². The summed E-state index contributed by atoms with van der Waals surface area (Å²) in [5.74, 6) is -1.39. The number of primary amides is 1. The van der Waals surface area contributed by atoms with Crippen LogP contribution in [0.2, 0.25) is 0 Å². The fourth-order valence-corrected chi connectivity index (χ4v) is 3.18. The van der Waals surface area contributed by atoms with Crippen LogP contribution in [0.1, 0.15) is 31.7 Å². The van der Waals surface area contributed by atoms with Crippen molar-refractivity contribution in [2.24, 2.45) is 5.73 Å². The molecule has 0 radical (unpaired) electrons. The van der Waals surface area contributed by atoms with Crippen LogP contribution in [-0.4, -0.2) is 53.7 Å². The number of benzene rings is 1. The fourth-order valence-electron chi connectivity index (χ4n) is 3.18. The van der Waals surface area contributed by atoms with Crippen molar-refractivity contribution < 1.29 is 19.2 Å². The predicted molar refractivity (Wildman–Crippen MR) is 99.3 cm³/mol. The summed E-state index contributed by atoms with van der Waals surface area (Å²) in [5, 5.41) is 5.40. The maximum Gasteiger partial charge on any atom is 0.243 e. The molecule has 2 rings (SSSR count). The van der Waals surface area contributed by atoms with Crippen LogP contribution < -0.4 is 16.4 Å². The molecule has 0 aliphatic carbocycles. The number of nitrogens with zero attached hydrogens (tertiary/aromatic N) is 1. The van der Waals surface area contributed by atoms with Crippen LogP contribution in [0.4, 0.5) is 0 Å². The summed E-state index contributed by atoms with van der Waals surface area (Å²) in [7, 11) is 0. The molecule has 1 aromatic rings. The normalized spacial score (nSPS) is 17.2. The third-order valence-electron chi connectivity index (χ3n) is 4.55. The summed E-state index contributed by atoms with van der Waals surface area (Å²) >= 11 is 0. The van der Waals surface area contributed by atoms with Crippen LogP contribution in [-0.2, 0) is 25.6 Å². The number of rotatable bonds is 8. The first kappa shape index (κ1) is 20.4. The Morgan fingerprint density at radius 1 is 1.22 bits per heavy atom. The Kier molecular flexibility index (Phi) is 7.34. The van der Waals surface area contributed by atoms with Gasteiger partial charge in [-0.25, -0.2) is 0 Å². The minimum Gasteiger partial charge on any atom is -0.370 e. The Labute approximate surface area is 158 Å². The summed E-state index contributed by atoms with van der Waals surface area (Å²) in [4.78, 5) is 49.3. The van der Waals surface area contributed by atoms with Crippen molar-refractivity contribution in [2.75, 3.05) is 13.1 Å². The number of amides is 4. The molecular weight excluding hydrogens is 348 g/mol. The molecule has 2 atom stereocenters. The minimum atomic E-state index is -0.804. The van der Waals surface area contributed by atoms with Crippen molar-refractivity contribution in [1.29, 1.82) is 0 Å². The van der Waals surface area contributed by atoms with E-state index in [4.69, 9.17) is 5.73 Å². The third kappa shape index (κ3) is 6.09. The molecule has 4 N–H and O–H groups in total. The Hall–Kier alpha value is -2.90. The number of nitrogens with one attached hydrogen (secondary N) is 2. The van der Waals surface area contributed by atoms with Crippen molar-refractivity contribution in [3.63, 3.8) is 0 Å². The SMILES string of the molecule is CC(=O)N1CCC[C@H]1C(=O)NC(Cc1ccccc1)C(=O)NCCC(N)=O. The quantitative estimate of drug-likeness (QED) is 0.579. The molecule has 146 valence electrons. The highest BCUT2D eigenvalue weighted by atomic mass is 16.2. The van der Waals surface area contributed by atoms with E-state index in [1.165, 1.54) is 11.8 Å². The highest BCUT2D eigenvalue weighted by Gasteiger charge is 2.34. The fraction of sp³-hybridized carbons (Fsp3) is 0.474. The average Bonchev–Trinajstić information content (AvgIpc) is 3.12. The van der Waals surface area contributed by atoms with Gasteiger partial charge in [0.05, 0.1) is 0 Å². The zero-order chi connectivity index (χ0) is 19.8. The lowest BCUT2D eigenvalue weighted by Crippen LogP contribution is -2.53. The molecule has 1 heterocycles. The molecule has 1 fully saturated rings. The molecule has 1 aliphatic heterocycles. The molecule has 1 aliphatic rings. The molecule has 0 aromatic heterocycles. The van der Waals surface area contributed by atoms with E-state index in [0.29, 0.717) is 19.4 Å². The summed E-state index contributed by atoms with van der Waals surface area (Å²) < 4.78 is 0. The molecule has 0 spiro atoms. The molecule has 4 amide bonds. The third-order valence-corrected chi connectivity index (χ3v) is 4.55. The summed E-state index contributed by atoms with van der Waals surface area (Å²) in [6.07, 6.45) is 1.67. The van der Waals surface area contributed by atoms with Gasteiger partial charge in [-0.15, -0.1) is 0 Å². The first-order valence-corrected chi connectivity index (χ1v) is 9.06. The monoisotopic (exact) mass is 374 g/mol. The van der Waals surface area contributed by atoms with E-state index >= 15 is 0 Å². The number of hydrogen-bond acceptors (Lipinski definition) is 4.